The average Bonchev–Trinajstić information content (AvgIpc) is 3.27. The van der Waals surface area contributed by atoms with E-state index < -0.39 is 17.8 Å². The van der Waals surface area contributed by atoms with Crippen molar-refractivity contribution >= 4 is 17.6 Å². The lowest BCUT2D eigenvalue weighted by atomic mass is 9.84. The summed E-state index contributed by atoms with van der Waals surface area (Å²) in [4.78, 5) is 36.7. The molecule has 1 aliphatic carbocycles. The molecule has 5 rings (SSSR count). The Morgan fingerprint density at radius 2 is 1.63 bits per heavy atom. The first-order chi connectivity index (χ1) is 16.8. The Labute approximate surface area is 202 Å². The van der Waals surface area contributed by atoms with Gasteiger partial charge in [-0.05, 0) is 49.4 Å². The van der Waals surface area contributed by atoms with E-state index in [1.807, 2.05) is 28.0 Å². The quantitative estimate of drug-likeness (QED) is 0.652. The number of amides is 2. The first-order valence-electron chi connectivity index (χ1n) is 12.3. The number of aromatic nitrogens is 1. The fourth-order valence-electron chi connectivity index (χ4n) is 5.81. The molecule has 3 aliphatic rings. The van der Waals surface area contributed by atoms with Crippen LogP contribution >= 0.6 is 0 Å². The molecular formula is C26H29F3N4O2. The van der Waals surface area contributed by atoms with Crippen LogP contribution < -0.4 is 4.90 Å². The maximum atomic E-state index is 13.7. The number of fused-ring (bicyclic) bond motifs is 1. The summed E-state index contributed by atoms with van der Waals surface area (Å²) in [6.07, 6.45) is 1.30. The van der Waals surface area contributed by atoms with Crippen LogP contribution in [0.2, 0.25) is 0 Å². The van der Waals surface area contributed by atoms with Gasteiger partial charge in [-0.3, -0.25) is 9.59 Å². The SMILES string of the molecule is O=C(C1CC2CCCCC2N1C(=O)c1ccccc1)N1CCN(c2ccc(C(F)(F)F)cn2)CC1. The van der Waals surface area contributed by atoms with E-state index in [9.17, 15) is 22.8 Å². The van der Waals surface area contributed by atoms with Crippen LogP contribution in [0.4, 0.5) is 19.0 Å². The lowest BCUT2D eigenvalue weighted by Gasteiger charge is -2.39. The van der Waals surface area contributed by atoms with Gasteiger partial charge < -0.3 is 14.7 Å². The number of carbonyl (C=O) groups excluding carboxylic acids is 2. The van der Waals surface area contributed by atoms with Gasteiger partial charge in [-0.1, -0.05) is 31.0 Å². The third-order valence-electron chi connectivity index (χ3n) is 7.62. The van der Waals surface area contributed by atoms with Crippen LogP contribution in [0.1, 0.15) is 48.0 Å². The van der Waals surface area contributed by atoms with Crippen molar-refractivity contribution in [2.75, 3.05) is 31.1 Å². The molecule has 2 aliphatic heterocycles. The Morgan fingerprint density at radius 1 is 0.914 bits per heavy atom. The normalized spacial score (nSPS) is 24.9. The van der Waals surface area contributed by atoms with Gasteiger partial charge in [0.2, 0.25) is 5.91 Å². The molecule has 0 spiro atoms. The minimum absolute atomic E-state index is 0.0243. The molecule has 6 nitrogen and oxygen atoms in total. The molecule has 35 heavy (non-hydrogen) atoms. The average molecular weight is 487 g/mol. The van der Waals surface area contributed by atoms with E-state index in [0.29, 0.717) is 49.9 Å². The molecule has 0 radical (unpaired) electrons. The van der Waals surface area contributed by atoms with E-state index in [1.54, 1.807) is 17.0 Å². The molecule has 186 valence electrons. The molecule has 3 unspecified atom stereocenters. The predicted octanol–water partition coefficient (Wildman–Crippen LogP) is 4.22. The molecule has 1 aromatic heterocycles. The second-order valence-corrected chi connectivity index (χ2v) is 9.66. The second-order valence-electron chi connectivity index (χ2n) is 9.66. The maximum absolute atomic E-state index is 13.7. The van der Waals surface area contributed by atoms with Crippen LogP contribution in [0.15, 0.2) is 48.7 Å². The summed E-state index contributed by atoms with van der Waals surface area (Å²) >= 11 is 0. The summed E-state index contributed by atoms with van der Waals surface area (Å²) in [6.45, 7) is 1.86. The van der Waals surface area contributed by atoms with Gasteiger partial charge in [-0.25, -0.2) is 4.98 Å². The number of carbonyl (C=O) groups is 2. The zero-order chi connectivity index (χ0) is 24.6. The minimum Gasteiger partial charge on any atom is -0.353 e. The largest absolute Gasteiger partial charge is 0.417 e. The highest BCUT2D eigenvalue weighted by Crippen LogP contribution is 2.41. The number of benzene rings is 1. The number of alkyl halides is 3. The highest BCUT2D eigenvalue weighted by Gasteiger charge is 2.48. The smallest absolute Gasteiger partial charge is 0.353 e. The summed E-state index contributed by atoms with van der Waals surface area (Å²) in [5, 5.41) is 0. The highest BCUT2D eigenvalue weighted by molar-refractivity contribution is 5.98. The number of halogens is 3. The molecule has 2 amide bonds. The molecule has 1 saturated carbocycles. The minimum atomic E-state index is -4.42. The van der Waals surface area contributed by atoms with Gasteiger partial charge >= 0.3 is 6.18 Å². The predicted molar refractivity (Wildman–Crippen MR) is 125 cm³/mol. The highest BCUT2D eigenvalue weighted by atomic mass is 19.4. The van der Waals surface area contributed by atoms with Crippen LogP contribution in [-0.2, 0) is 11.0 Å². The van der Waals surface area contributed by atoms with Crippen LogP contribution in [0.25, 0.3) is 0 Å². The van der Waals surface area contributed by atoms with Crippen LogP contribution in [0, 0.1) is 5.92 Å². The van der Waals surface area contributed by atoms with E-state index in [0.717, 1.165) is 37.9 Å². The van der Waals surface area contributed by atoms with Crippen molar-refractivity contribution in [1.29, 1.82) is 0 Å². The number of piperazine rings is 1. The third-order valence-corrected chi connectivity index (χ3v) is 7.62. The van der Waals surface area contributed by atoms with Crippen molar-refractivity contribution in [1.82, 2.24) is 14.8 Å². The van der Waals surface area contributed by atoms with Crippen LogP contribution in [0.5, 0.6) is 0 Å². The van der Waals surface area contributed by atoms with Crippen molar-refractivity contribution in [2.45, 2.75) is 50.4 Å². The first-order valence-corrected chi connectivity index (χ1v) is 12.3. The van der Waals surface area contributed by atoms with E-state index in [1.165, 1.54) is 6.07 Å². The van der Waals surface area contributed by atoms with Crippen LogP contribution in [0.3, 0.4) is 0 Å². The monoisotopic (exact) mass is 486 g/mol. The molecular weight excluding hydrogens is 457 g/mol. The van der Waals surface area contributed by atoms with E-state index in [4.69, 9.17) is 0 Å². The van der Waals surface area contributed by atoms with Crippen molar-refractivity contribution in [3.05, 3.63) is 59.8 Å². The zero-order valence-electron chi connectivity index (χ0n) is 19.5. The number of nitrogens with zero attached hydrogens (tertiary/aromatic N) is 4. The molecule has 2 aromatic rings. The van der Waals surface area contributed by atoms with Gasteiger partial charge in [-0.2, -0.15) is 13.2 Å². The Balaban J connectivity index is 1.28. The lowest BCUT2D eigenvalue weighted by Crippen LogP contribution is -2.55. The summed E-state index contributed by atoms with van der Waals surface area (Å²) in [5.41, 5.74) is -0.171. The van der Waals surface area contributed by atoms with Gasteiger partial charge in [0.15, 0.2) is 0 Å². The maximum Gasteiger partial charge on any atom is 0.417 e. The number of rotatable bonds is 3. The fraction of sp³-hybridized carbons (Fsp3) is 0.500. The first kappa shape index (κ1) is 23.6. The molecule has 0 bridgehead atoms. The van der Waals surface area contributed by atoms with Gasteiger partial charge in [0.05, 0.1) is 5.56 Å². The van der Waals surface area contributed by atoms with Gasteiger partial charge in [0.1, 0.15) is 11.9 Å². The fourth-order valence-corrected chi connectivity index (χ4v) is 5.81. The topological polar surface area (TPSA) is 56.8 Å². The van der Waals surface area contributed by atoms with Crippen molar-refractivity contribution in [3.8, 4) is 0 Å². The molecule has 9 heteroatoms. The molecule has 3 heterocycles. The van der Waals surface area contributed by atoms with Gasteiger partial charge in [0.25, 0.3) is 5.91 Å². The third kappa shape index (κ3) is 4.73. The number of hydrogen-bond donors (Lipinski definition) is 0. The summed E-state index contributed by atoms with van der Waals surface area (Å²) in [6, 6.07) is 11.2. The Kier molecular flexibility index (Phi) is 6.42. The molecule has 3 atom stereocenters. The molecule has 2 saturated heterocycles. The standard InChI is InChI=1S/C26H29F3N4O2/c27-26(28,29)20-10-11-23(30-17-20)31-12-14-32(15-13-31)25(35)22-16-19-8-4-5-9-21(19)33(22)24(34)18-6-2-1-3-7-18/h1-3,6-7,10-11,17,19,21-22H,4-5,8-9,12-16H2. The Morgan fingerprint density at radius 3 is 2.29 bits per heavy atom. The van der Waals surface area contributed by atoms with Crippen molar-refractivity contribution in [2.24, 2.45) is 5.92 Å². The summed E-state index contributed by atoms with van der Waals surface area (Å²) in [7, 11) is 0. The lowest BCUT2D eigenvalue weighted by molar-refractivity contribution is -0.138. The number of pyridine rings is 1. The van der Waals surface area contributed by atoms with E-state index in [2.05, 4.69) is 4.98 Å². The Bertz CT molecular complexity index is 1050. The number of anilines is 1. The van der Waals surface area contributed by atoms with E-state index >= 15 is 0 Å². The second kappa shape index (κ2) is 9.51. The van der Waals surface area contributed by atoms with E-state index in [-0.39, 0.29) is 17.9 Å². The van der Waals surface area contributed by atoms with Crippen molar-refractivity contribution in [3.63, 3.8) is 0 Å². The van der Waals surface area contributed by atoms with Gasteiger partial charge in [0, 0.05) is 44.0 Å². The van der Waals surface area contributed by atoms with Crippen LogP contribution in [-0.4, -0.2) is 64.9 Å². The summed E-state index contributed by atoms with van der Waals surface area (Å²) in [5.74, 6) is 0.718. The molecule has 1 aromatic carbocycles. The number of likely N-dealkylation sites (tertiary alicyclic amines) is 1. The van der Waals surface area contributed by atoms with Crippen molar-refractivity contribution < 1.29 is 22.8 Å². The molecule has 3 fully saturated rings. The van der Waals surface area contributed by atoms with Gasteiger partial charge in [-0.15, -0.1) is 0 Å². The molecule has 0 N–H and O–H groups in total. The number of hydrogen-bond acceptors (Lipinski definition) is 4. The Hall–Kier alpha value is -3.10. The summed E-state index contributed by atoms with van der Waals surface area (Å²) < 4.78 is 38.5. The zero-order valence-corrected chi connectivity index (χ0v) is 19.5.